The fourth-order valence-corrected chi connectivity index (χ4v) is 7.43. The number of halogens is 2. The van der Waals surface area contributed by atoms with Gasteiger partial charge in [-0.2, -0.15) is 11.1 Å². The molecule has 0 saturated heterocycles. The van der Waals surface area contributed by atoms with Gasteiger partial charge in [0.1, 0.15) is 0 Å². The Hall–Kier alpha value is 0.797. The van der Waals surface area contributed by atoms with Crippen molar-refractivity contribution in [2.24, 2.45) is 0 Å². The first-order valence-corrected chi connectivity index (χ1v) is 8.06. The number of rotatable bonds is 3. The normalized spacial score (nSPS) is 14.5. The molecule has 0 nitrogen and oxygen atoms in total. The first-order chi connectivity index (χ1) is 5.14. The molecule has 0 aliphatic rings. The zero-order valence-electron chi connectivity index (χ0n) is 8.91. The molecule has 0 atom stereocenters. The van der Waals surface area contributed by atoms with Crippen molar-refractivity contribution in [2.45, 2.75) is 57.1 Å². The number of hydrogen-bond donors (Lipinski definition) is 0. The molecule has 0 unspecified atom stereocenters. The third-order valence-electron chi connectivity index (χ3n) is 2.59. The van der Waals surface area contributed by atoms with Crippen LogP contribution in [0, 0.1) is 0 Å². The van der Waals surface area contributed by atoms with Crippen molar-refractivity contribution < 1.29 is 0 Å². The molecule has 0 aromatic carbocycles. The molecular formula is C9H20Cl2Si. The molecule has 0 aliphatic carbocycles. The van der Waals surface area contributed by atoms with Crippen LogP contribution in [0.4, 0.5) is 0 Å². The standard InChI is InChI=1S/C9H20Cl2Si/c1-7(2)12(11,8(3)4)9(5,6)10/h7-8H,1-6H3. The Bertz CT molecular complexity index is 139. The summed E-state index contributed by atoms with van der Waals surface area (Å²) in [6.07, 6.45) is 0. The highest BCUT2D eigenvalue weighted by atomic mass is 35.6. The lowest BCUT2D eigenvalue weighted by molar-refractivity contribution is 0.815. The summed E-state index contributed by atoms with van der Waals surface area (Å²) in [5, 5.41) is 0. The third-order valence-corrected chi connectivity index (χ3v) is 13.0. The van der Waals surface area contributed by atoms with E-state index in [0.29, 0.717) is 11.1 Å². The van der Waals surface area contributed by atoms with E-state index in [1.807, 2.05) is 13.8 Å². The summed E-state index contributed by atoms with van der Waals surface area (Å²) in [6, 6.07) is 0. The Balaban J connectivity index is 4.89. The summed E-state index contributed by atoms with van der Waals surface area (Å²) in [5.74, 6) is 0. The van der Waals surface area contributed by atoms with Gasteiger partial charge in [0.15, 0.2) is 7.38 Å². The summed E-state index contributed by atoms with van der Waals surface area (Å²) in [7, 11) is -1.87. The average Bonchev–Trinajstić information content (AvgIpc) is 1.82. The van der Waals surface area contributed by atoms with Gasteiger partial charge in [-0.05, 0) is 24.9 Å². The largest absolute Gasteiger partial charge is 0.181 e. The highest BCUT2D eigenvalue weighted by molar-refractivity contribution is 7.25. The summed E-state index contributed by atoms with van der Waals surface area (Å²) in [6.45, 7) is 12.8. The van der Waals surface area contributed by atoms with Gasteiger partial charge in [0.05, 0.1) is 0 Å². The second-order valence-corrected chi connectivity index (χ2v) is 12.8. The monoisotopic (exact) mass is 226 g/mol. The average molecular weight is 227 g/mol. The van der Waals surface area contributed by atoms with E-state index in [4.69, 9.17) is 22.7 Å². The van der Waals surface area contributed by atoms with Crippen molar-refractivity contribution in [1.29, 1.82) is 0 Å². The van der Waals surface area contributed by atoms with Crippen LogP contribution in [0.3, 0.4) is 0 Å². The Labute approximate surface area is 87.4 Å². The molecule has 0 saturated carbocycles. The minimum atomic E-state index is -1.87. The van der Waals surface area contributed by atoms with Crippen molar-refractivity contribution in [3.8, 4) is 0 Å². The predicted molar refractivity (Wildman–Crippen MR) is 61.7 cm³/mol. The molecule has 0 spiro atoms. The van der Waals surface area contributed by atoms with Gasteiger partial charge < -0.3 is 0 Å². The highest BCUT2D eigenvalue weighted by Gasteiger charge is 2.50. The van der Waals surface area contributed by atoms with E-state index in [-0.39, 0.29) is 4.50 Å². The van der Waals surface area contributed by atoms with Gasteiger partial charge in [0.2, 0.25) is 0 Å². The van der Waals surface area contributed by atoms with E-state index in [1.165, 1.54) is 0 Å². The lowest BCUT2D eigenvalue weighted by Gasteiger charge is -2.41. The second kappa shape index (κ2) is 3.89. The molecule has 0 fully saturated rings. The molecule has 0 heterocycles. The second-order valence-electron chi connectivity index (χ2n) is 4.55. The topological polar surface area (TPSA) is 0 Å². The first-order valence-electron chi connectivity index (χ1n) is 4.51. The maximum atomic E-state index is 6.69. The molecule has 0 rings (SSSR count). The van der Waals surface area contributed by atoms with E-state index in [1.54, 1.807) is 0 Å². The van der Waals surface area contributed by atoms with E-state index in [9.17, 15) is 0 Å². The summed E-state index contributed by atoms with van der Waals surface area (Å²) < 4.78 is -0.225. The fraction of sp³-hybridized carbons (Fsp3) is 1.00. The van der Waals surface area contributed by atoms with Gasteiger partial charge in [0, 0.05) is 4.50 Å². The Morgan fingerprint density at radius 1 is 1.00 bits per heavy atom. The Morgan fingerprint density at radius 2 is 1.25 bits per heavy atom. The van der Waals surface area contributed by atoms with Crippen LogP contribution in [0.1, 0.15) is 41.5 Å². The number of hydrogen-bond acceptors (Lipinski definition) is 0. The molecule has 0 bridgehead atoms. The van der Waals surface area contributed by atoms with Gasteiger partial charge in [-0.25, -0.2) is 0 Å². The van der Waals surface area contributed by atoms with Crippen LogP contribution in [-0.4, -0.2) is 11.9 Å². The highest BCUT2D eigenvalue weighted by Crippen LogP contribution is 2.46. The molecule has 3 heteroatoms. The van der Waals surface area contributed by atoms with E-state index < -0.39 is 7.38 Å². The molecule has 74 valence electrons. The SMILES string of the molecule is CC(C)[Si](Cl)(C(C)C)C(C)(C)Cl. The van der Waals surface area contributed by atoms with Crippen LogP contribution in [0.15, 0.2) is 0 Å². The summed E-state index contributed by atoms with van der Waals surface area (Å²) in [5.41, 5.74) is 1.04. The predicted octanol–water partition coefficient (Wildman–Crippen LogP) is 4.55. The van der Waals surface area contributed by atoms with Gasteiger partial charge >= 0.3 is 0 Å². The molecule has 0 radical (unpaired) electrons. The van der Waals surface area contributed by atoms with Crippen molar-refractivity contribution >= 4 is 30.1 Å². The molecule has 0 aromatic rings. The maximum Gasteiger partial charge on any atom is 0.181 e. The van der Waals surface area contributed by atoms with Crippen molar-refractivity contribution in [3.05, 3.63) is 0 Å². The van der Waals surface area contributed by atoms with Crippen LogP contribution in [0.25, 0.3) is 0 Å². The van der Waals surface area contributed by atoms with Gasteiger partial charge in [0.25, 0.3) is 0 Å². The quantitative estimate of drug-likeness (QED) is 0.377. The summed E-state index contributed by atoms with van der Waals surface area (Å²) >= 11 is 13.1. The zero-order valence-corrected chi connectivity index (χ0v) is 11.4. The van der Waals surface area contributed by atoms with Crippen molar-refractivity contribution in [2.75, 3.05) is 0 Å². The van der Waals surface area contributed by atoms with Gasteiger partial charge in [-0.1, -0.05) is 27.7 Å². The van der Waals surface area contributed by atoms with E-state index in [2.05, 4.69) is 27.7 Å². The molecule has 0 aliphatic heterocycles. The first kappa shape index (κ1) is 12.8. The minimum Gasteiger partial charge on any atom is -0.165 e. The van der Waals surface area contributed by atoms with Gasteiger partial charge in [-0.3, -0.25) is 0 Å². The molecule has 0 N–H and O–H groups in total. The molecule has 0 aromatic heterocycles. The van der Waals surface area contributed by atoms with Crippen LogP contribution in [0.2, 0.25) is 11.1 Å². The Kier molecular flexibility index (Phi) is 4.15. The van der Waals surface area contributed by atoms with E-state index in [0.717, 1.165) is 0 Å². The Morgan fingerprint density at radius 3 is 1.25 bits per heavy atom. The van der Waals surface area contributed by atoms with Gasteiger partial charge in [-0.15, -0.1) is 11.6 Å². The summed E-state index contributed by atoms with van der Waals surface area (Å²) in [4.78, 5) is 0. The van der Waals surface area contributed by atoms with E-state index >= 15 is 0 Å². The van der Waals surface area contributed by atoms with Crippen molar-refractivity contribution in [3.63, 3.8) is 0 Å². The third kappa shape index (κ3) is 2.18. The fourth-order valence-electron chi connectivity index (χ4n) is 2.04. The van der Waals surface area contributed by atoms with Crippen LogP contribution in [0.5, 0.6) is 0 Å². The molecule has 0 amide bonds. The maximum absolute atomic E-state index is 6.69. The zero-order chi connectivity index (χ0) is 10.2. The van der Waals surface area contributed by atoms with Crippen LogP contribution in [-0.2, 0) is 0 Å². The minimum absolute atomic E-state index is 0.225. The van der Waals surface area contributed by atoms with Crippen LogP contribution < -0.4 is 0 Å². The lowest BCUT2D eigenvalue weighted by atomic mass is 10.5. The molecular weight excluding hydrogens is 207 g/mol. The number of alkyl halides is 1. The lowest BCUT2D eigenvalue weighted by Crippen LogP contribution is -2.51. The smallest absolute Gasteiger partial charge is 0.165 e. The van der Waals surface area contributed by atoms with Crippen LogP contribution >= 0.6 is 22.7 Å². The van der Waals surface area contributed by atoms with Crippen molar-refractivity contribution in [1.82, 2.24) is 0 Å². The molecule has 12 heavy (non-hydrogen) atoms.